The highest BCUT2D eigenvalue weighted by Crippen LogP contribution is 2.28. The van der Waals surface area contributed by atoms with Crippen LogP contribution < -0.4 is 10.1 Å². The van der Waals surface area contributed by atoms with Crippen molar-refractivity contribution >= 4 is 22.6 Å². The second kappa shape index (κ2) is 6.00. The number of benzene rings is 1. The summed E-state index contributed by atoms with van der Waals surface area (Å²) in [5.41, 5.74) is 1.49. The number of nitrogens with one attached hydrogen (secondary N) is 1. The van der Waals surface area contributed by atoms with Crippen LogP contribution in [0.1, 0.15) is 10.5 Å². The molecule has 0 saturated carbocycles. The summed E-state index contributed by atoms with van der Waals surface area (Å²) >= 11 is 0. The van der Waals surface area contributed by atoms with E-state index in [-0.39, 0.29) is 5.69 Å². The summed E-state index contributed by atoms with van der Waals surface area (Å²) in [6.45, 7) is 0. The minimum absolute atomic E-state index is 0.228. The molecular formula is C15H11N7O3. The van der Waals surface area contributed by atoms with Crippen molar-refractivity contribution in [3.63, 3.8) is 0 Å². The van der Waals surface area contributed by atoms with Gasteiger partial charge in [-0.25, -0.2) is 9.61 Å². The maximum Gasteiger partial charge on any atom is 0.274 e. The normalized spacial score (nSPS) is 10.8. The zero-order valence-corrected chi connectivity index (χ0v) is 12.9. The van der Waals surface area contributed by atoms with Crippen LogP contribution >= 0.6 is 0 Å². The van der Waals surface area contributed by atoms with Gasteiger partial charge in [-0.3, -0.25) is 9.36 Å². The Morgan fingerprint density at radius 1 is 1.12 bits per heavy atom. The molecule has 4 aromatic rings. The van der Waals surface area contributed by atoms with Gasteiger partial charge in [-0.05, 0) is 34.6 Å². The SMILES string of the molecule is COc1ccc(NC(=O)c2cccc(-n3cnnc3)n2)c2nonc12. The summed E-state index contributed by atoms with van der Waals surface area (Å²) in [5, 5.41) is 17.8. The van der Waals surface area contributed by atoms with Crippen molar-refractivity contribution in [2.24, 2.45) is 0 Å². The maximum absolute atomic E-state index is 12.5. The molecule has 1 amide bonds. The number of hydrogen-bond acceptors (Lipinski definition) is 8. The lowest BCUT2D eigenvalue weighted by atomic mass is 10.2. The molecule has 0 aliphatic heterocycles. The molecule has 0 unspecified atom stereocenters. The third-order valence-electron chi connectivity index (χ3n) is 3.50. The van der Waals surface area contributed by atoms with E-state index in [0.29, 0.717) is 28.3 Å². The van der Waals surface area contributed by atoms with Gasteiger partial charge in [0.2, 0.25) is 0 Å². The van der Waals surface area contributed by atoms with Gasteiger partial charge >= 0.3 is 0 Å². The van der Waals surface area contributed by atoms with Gasteiger partial charge in [0.05, 0.1) is 12.8 Å². The summed E-state index contributed by atoms with van der Waals surface area (Å²) in [6.07, 6.45) is 3.00. The molecule has 0 saturated heterocycles. The topological polar surface area (TPSA) is 121 Å². The van der Waals surface area contributed by atoms with Gasteiger partial charge in [-0.2, -0.15) is 0 Å². The standard InChI is InChI=1S/C15H11N7O3/c1-24-11-6-5-9(13-14(11)21-25-20-13)19-15(23)10-3-2-4-12(18-10)22-7-16-17-8-22/h2-8H,1H3,(H,19,23). The van der Waals surface area contributed by atoms with Crippen molar-refractivity contribution < 1.29 is 14.2 Å². The Labute approximate surface area is 140 Å². The van der Waals surface area contributed by atoms with Crippen LogP contribution in [0, 0.1) is 0 Å². The lowest BCUT2D eigenvalue weighted by molar-refractivity contribution is 0.102. The van der Waals surface area contributed by atoms with E-state index < -0.39 is 5.91 Å². The second-order valence-electron chi connectivity index (χ2n) is 4.98. The van der Waals surface area contributed by atoms with Crippen molar-refractivity contribution in [1.82, 2.24) is 30.1 Å². The third kappa shape index (κ3) is 2.65. The number of anilines is 1. The smallest absolute Gasteiger partial charge is 0.274 e. The van der Waals surface area contributed by atoms with Crippen LogP contribution in [0.2, 0.25) is 0 Å². The molecule has 25 heavy (non-hydrogen) atoms. The molecule has 0 aliphatic rings. The molecule has 10 nitrogen and oxygen atoms in total. The van der Waals surface area contributed by atoms with Crippen molar-refractivity contribution in [1.29, 1.82) is 0 Å². The van der Waals surface area contributed by atoms with E-state index in [2.05, 4.69) is 30.8 Å². The monoisotopic (exact) mass is 337 g/mol. The van der Waals surface area contributed by atoms with E-state index in [0.717, 1.165) is 0 Å². The first kappa shape index (κ1) is 14.8. The molecule has 4 rings (SSSR count). The number of aromatic nitrogens is 6. The zero-order valence-electron chi connectivity index (χ0n) is 12.9. The molecule has 0 radical (unpaired) electrons. The van der Waals surface area contributed by atoms with E-state index in [4.69, 9.17) is 9.37 Å². The Bertz CT molecular complexity index is 1040. The molecular weight excluding hydrogens is 326 g/mol. The van der Waals surface area contributed by atoms with Crippen LogP contribution in [0.15, 0.2) is 47.6 Å². The van der Waals surface area contributed by atoms with Gasteiger partial charge in [-0.15, -0.1) is 10.2 Å². The number of fused-ring (bicyclic) bond motifs is 1. The quantitative estimate of drug-likeness (QED) is 0.594. The van der Waals surface area contributed by atoms with Crippen molar-refractivity contribution in [2.75, 3.05) is 12.4 Å². The van der Waals surface area contributed by atoms with Crippen LogP contribution in [-0.2, 0) is 0 Å². The highest BCUT2D eigenvalue weighted by Gasteiger charge is 2.16. The Balaban J connectivity index is 1.65. The molecule has 10 heteroatoms. The number of carbonyl (C=O) groups excluding carboxylic acids is 1. The third-order valence-corrected chi connectivity index (χ3v) is 3.50. The highest BCUT2D eigenvalue weighted by atomic mass is 16.6. The van der Waals surface area contributed by atoms with Crippen LogP contribution in [0.5, 0.6) is 5.75 Å². The minimum atomic E-state index is -0.399. The summed E-state index contributed by atoms with van der Waals surface area (Å²) in [5.74, 6) is 0.631. The fraction of sp³-hybridized carbons (Fsp3) is 0.0667. The highest BCUT2D eigenvalue weighted by molar-refractivity contribution is 6.07. The van der Waals surface area contributed by atoms with Crippen molar-refractivity contribution in [2.45, 2.75) is 0 Å². The van der Waals surface area contributed by atoms with Crippen LogP contribution in [0.25, 0.3) is 16.9 Å². The van der Waals surface area contributed by atoms with Crippen molar-refractivity contribution in [3.8, 4) is 11.6 Å². The number of amides is 1. The number of pyridine rings is 1. The summed E-state index contributed by atoms with van der Waals surface area (Å²) < 4.78 is 11.5. The zero-order chi connectivity index (χ0) is 17.2. The number of rotatable bonds is 4. The summed E-state index contributed by atoms with van der Waals surface area (Å²) in [7, 11) is 1.52. The minimum Gasteiger partial charge on any atom is -0.494 e. The van der Waals surface area contributed by atoms with E-state index in [9.17, 15) is 4.79 Å². The van der Waals surface area contributed by atoms with Gasteiger partial charge < -0.3 is 10.1 Å². The van der Waals surface area contributed by atoms with Gasteiger partial charge in [0, 0.05) is 0 Å². The fourth-order valence-electron chi connectivity index (χ4n) is 2.31. The van der Waals surface area contributed by atoms with Crippen molar-refractivity contribution in [3.05, 3.63) is 48.7 Å². The summed E-state index contributed by atoms with van der Waals surface area (Å²) in [4.78, 5) is 16.8. The first-order valence-corrected chi connectivity index (χ1v) is 7.19. The predicted octanol–water partition coefficient (Wildman–Crippen LogP) is 1.46. The maximum atomic E-state index is 12.5. The molecule has 0 bridgehead atoms. The Kier molecular flexibility index (Phi) is 3.54. The second-order valence-corrected chi connectivity index (χ2v) is 4.98. The lowest BCUT2D eigenvalue weighted by Crippen LogP contribution is -2.15. The molecule has 1 N–H and O–H groups in total. The van der Waals surface area contributed by atoms with Crippen LogP contribution in [0.4, 0.5) is 5.69 Å². The molecule has 124 valence electrons. The molecule has 3 aromatic heterocycles. The molecule has 3 heterocycles. The van der Waals surface area contributed by atoms with Gasteiger partial charge in [0.15, 0.2) is 16.8 Å². The molecule has 0 spiro atoms. The first-order chi connectivity index (χ1) is 12.3. The largest absolute Gasteiger partial charge is 0.494 e. The van der Waals surface area contributed by atoms with E-state index in [1.54, 1.807) is 34.9 Å². The average Bonchev–Trinajstić information content (AvgIpc) is 3.34. The lowest BCUT2D eigenvalue weighted by Gasteiger charge is -2.07. The number of hydrogen-bond donors (Lipinski definition) is 1. The Hall–Kier alpha value is -3.82. The van der Waals surface area contributed by atoms with E-state index >= 15 is 0 Å². The van der Waals surface area contributed by atoms with Crippen LogP contribution in [0.3, 0.4) is 0 Å². The molecule has 0 atom stereocenters. The van der Waals surface area contributed by atoms with Crippen LogP contribution in [-0.4, -0.2) is 43.1 Å². The predicted molar refractivity (Wildman–Crippen MR) is 85.5 cm³/mol. The first-order valence-electron chi connectivity index (χ1n) is 7.19. The Morgan fingerprint density at radius 2 is 1.92 bits per heavy atom. The van der Waals surface area contributed by atoms with E-state index in [1.807, 2.05) is 0 Å². The van der Waals surface area contributed by atoms with Gasteiger partial charge in [0.25, 0.3) is 5.91 Å². The fourth-order valence-corrected chi connectivity index (χ4v) is 2.31. The number of ether oxygens (including phenoxy) is 1. The van der Waals surface area contributed by atoms with Gasteiger partial charge in [0.1, 0.15) is 24.2 Å². The average molecular weight is 337 g/mol. The van der Waals surface area contributed by atoms with E-state index in [1.165, 1.54) is 19.8 Å². The molecule has 0 fully saturated rings. The Morgan fingerprint density at radius 3 is 2.72 bits per heavy atom. The summed E-state index contributed by atoms with van der Waals surface area (Å²) in [6, 6.07) is 8.40. The molecule has 1 aromatic carbocycles. The molecule has 0 aliphatic carbocycles. The van der Waals surface area contributed by atoms with Gasteiger partial charge in [-0.1, -0.05) is 6.07 Å². The number of nitrogens with zero attached hydrogens (tertiary/aromatic N) is 6. The number of methoxy groups -OCH3 is 1. The number of carbonyl (C=O) groups is 1.